The maximum Gasteiger partial charge on any atom is 0.507 e. The Bertz CT molecular complexity index is 335. The van der Waals surface area contributed by atoms with E-state index in [0.29, 0.717) is 0 Å². The Morgan fingerprint density at radius 3 is 1.63 bits per heavy atom. The van der Waals surface area contributed by atoms with Crippen molar-refractivity contribution in [3.05, 3.63) is 0 Å². The molecule has 0 fully saturated rings. The number of carboxylic acid groups (broad SMARTS) is 2. The fourth-order valence-corrected chi connectivity index (χ4v) is 1.92. The van der Waals surface area contributed by atoms with E-state index in [2.05, 4.69) is 18.5 Å². The molecule has 0 radical (unpaired) electrons. The van der Waals surface area contributed by atoms with Gasteiger partial charge in [0.15, 0.2) is 0 Å². The van der Waals surface area contributed by atoms with Gasteiger partial charge in [0, 0.05) is 0 Å². The Labute approximate surface area is 108 Å². The van der Waals surface area contributed by atoms with Crippen LogP contribution in [0.5, 0.6) is 0 Å². The molecule has 0 unspecified atom stereocenters. The monoisotopic (exact) mass is 302 g/mol. The molecular formula is C8H15O10P. The standard InChI is InChI=1S/C8H15O10P/c1-8(2,3)18-19(13,16-4-14-6(9)10)17-5-15-7(11)12/h4-5H2,1-3H3,(H,9,10)(H,11,12). The molecular weight excluding hydrogens is 287 g/mol. The van der Waals surface area contributed by atoms with E-state index in [9.17, 15) is 14.2 Å². The predicted octanol–water partition coefficient (Wildman–Crippen LogP) is 2.25. The summed E-state index contributed by atoms with van der Waals surface area (Å²) in [5.41, 5.74) is -0.956. The number of ether oxygens (including phenoxy) is 2. The molecule has 0 aliphatic rings. The normalized spacial score (nSPS) is 11.9. The highest BCUT2D eigenvalue weighted by atomic mass is 31.2. The van der Waals surface area contributed by atoms with Crippen LogP contribution in [-0.4, -0.2) is 41.7 Å². The van der Waals surface area contributed by atoms with Crippen molar-refractivity contribution in [1.82, 2.24) is 0 Å². The summed E-state index contributed by atoms with van der Waals surface area (Å²) in [5.74, 6) is 0. The molecule has 0 aromatic carbocycles. The molecule has 0 atom stereocenters. The van der Waals surface area contributed by atoms with Gasteiger partial charge in [0.2, 0.25) is 13.6 Å². The van der Waals surface area contributed by atoms with Crippen molar-refractivity contribution >= 4 is 20.1 Å². The van der Waals surface area contributed by atoms with E-state index in [1.165, 1.54) is 20.8 Å². The number of carbonyl (C=O) groups is 2. The Morgan fingerprint density at radius 2 is 1.37 bits per heavy atom. The summed E-state index contributed by atoms with van der Waals surface area (Å²) < 4.78 is 34.0. The average molecular weight is 302 g/mol. The Kier molecular flexibility index (Phi) is 6.77. The highest BCUT2D eigenvalue weighted by Gasteiger charge is 2.34. The number of phosphoric acid groups is 1. The number of phosphoric ester groups is 1. The summed E-state index contributed by atoms with van der Waals surface area (Å²) in [4.78, 5) is 20.2. The van der Waals surface area contributed by atoms with Crippen LogP contribution in [0.1, 0.15) is 20.8 Å². The molecule has 0 amide bonds. The van der Waals surface area contributed by atoms with Gasteiger partial charge in [-0.05, 0) is 20.8 Å². The second kappa shape index (κ2) is 7.29. The van der Waals surface area contributed by atoms with Gasteiger partial charge in [-0.15, -0.1) is 0 Å². The quantitative estimate of drug-likeness (QED) is 0.409. The fraction of sp³-hybridized carbons (Fsp3) is 0.750. The van der Waals surface area contributed by atoms with Gasteiger partial charge in [-0.1, -0.05) is 0 Å². The highest BCUT2D eigenvalue weighted by Crippen LogP contribution is 2.52. The molecule has 0 aromatic rings. The van der Waals surface area contributed by atoms with Crippen LogP contribution < -0.4 is 0 Å². The first-order valence-electron chi connectivity index (χ1n) is 4.85. The smallest absolute Gasteiger partial charge is 0.450 e. The largest absolute Gasteiger partial charge is 0.507 e. The molecule has 0 rings (SSSR count). The van der Waals surface area contributed by atoms with Crippen molar-refractivity contribution in [3.63, 3.8) is 0 Å². The maximum absolute atomic E-state index is 12.0. The number of hydrogen-bond acceptors (Lipinski definition) is 8. The summed E-state index contributed by atoms with van der Waals surface area (Å²) in [5, 5.41) is 16.4. The highest BCUT2D eigenvalue weighted by molar-refractivity contribution is 7.48. The van der Waals surface area contributed by atoms with Crippen LogP contribution in [0, 0.1) is 0 Å². The van der Waals surface area contributed by atoms with E-state index < -0.39 is 39.3 Å². The molecule has 0 heterocycles. The molecule has 19 heavy (non-hydrogen) atoms. The zero-order valence-corrected chi connectivity index (χ0v) is 11.4. The van der Waals surface area contributed by atoms with E-state index in [0.717, 1.165) is 0 Å². The van der Waals surface area contributed by atoms with Gasteiger partial charge in [-0.2, -0.15) is 0 Å². The third kappa shape index (κ3) is 10.3. The van der Waals surface area contributed by atoms with Crippen LogP contribution in [0.2, 0.25) is 0 Å². The summed E-state index contributed by atoms with van der Waals surface area (Å²) in [6.07, 6.45) is -3.30. The van der Waals surface area contributed by atoms with E-state index in [1.54, 1.807) is 0 Å². The molecule has 0 saturated heterocycles. The second-order valence-electron chi connectivity index (χ2n) is 3.97. The second-order valence-corrected chi connectivity index (χ2v) is 5.56. The molecule has 2 N–H and O–H groups in total. The molecule has 11 heteroatoms. The van der Waals surface area contributed by atoms with E-state index in [4.69, 9.17) is 14.7 Å². The SMILES string of the molecule is CC(C)(C)OP(=O)(OCOC(=O)O)OCOC(=O)O. The van der Waals surface area contributed by atoms with Gasteiger partial charge in [0.1, 0.15) is 0 Å². The van der Waals surface area contributed by atoms with E-state index >= 15 is 0 Å². The van der Waals surface area contributed by atoms with Crippen LogP contribution in [0.15, 0.2) is 0 Å². The fourth-order valence-electron chi connectivity index (χ4n) is 0.708. The van der Waals surface area contributed by atoms with Gasteiger partial charge < -0.3 is 19.7 Å². The van der Waals surface area contributed by atoms with Gasteiger partial charge in [-0.3, -0.25) is 4.52 Å². The van der Waals surface area contributed by atoms with Crippen molar-refractivity contribution in [2.45, 2.75) is 26.4 Å². The topological polar surface area (TPSA) is 138 Å². The third-order valence-corrected chi connectivity index (χ3v) is 2.79. The maximum atomic E-state index is 12.0. The first kappa shape index (κ1) is 17.6. The Hall–Kier alpha value is -1.35. The van der Waals surface area contributed by atoms with Crippen molar-refractivity contribution in [3.8, 4) is 0 Å². The van der Waals surface area contributed by atoms with Crippen molar-refractivity contribution in [2.75, 3.05) is 13.6 Å². The molecule has 0 aromatic heterocycles. The van der Waals surface area contributed by atoms with Gasteiger partial charge >= 0.3 is 20.1 Å². The lowest BCUT2D eigenvalue weighted by atomic mass is 10.2. The van der Waals surface area contributed by atoms with Gasteiger partial charge in [-0.25, -0.2) is 23.2 Å². The van der Waals surface area contributed by atoms with Crippen LogP contribution in [0.25, 0.3) is 0 Å². The molecule has 0 aliphatic heterocycles. The zero-order valence-electron chi connectivity index (χ0n) is 10.5. The Morgan fingerprint density at radius 1 is 1.00 bits per heavy atom. The van der Waals surface area contributed by atoms with Crippen molar-refractivity contribution < 1.29 is 47.4 Å². The van der Waals surface area contributed by atoms with E-state index in [-0.39, 0.29) is 0 Å². The summed E-state index contributed by atoms with van der Waals surface area (Å²) in [7, 11) is -4.23. The first-order valence-corrected chi connectivity index (χ1v) is 6.31. The minimum atomic E-state index is -4.23. The lowest BCUT2D eigenvalue weighted by Gasteiger charge is -2.25. The minimum absolute atomic E-state index is 0.907. The van der Waals surface area contributed by atoms with Crippen LogP contribution in [-0.2, 0) is 27.6 Å². The summed E-state index contributed by atoms with van der Waals surface area (Å²) in [6, 6.07) is 0. The Balaban J connectivity index is 4.48. The van der Waals surface area contributed by atoms with Crippen molar-refractivity contribution in [1.29, 1.82) is 0 Å². The van der Waals surface area contributed by atoms with Gasteiger partial charge in [0.05, 0.1) is 5.60 Å². The lowest BCUT2D eigenvalue weighted by Crippen LogP contribution is -2.20. The summed E-state index contributed by atoms with van der Waals surface area (Å²) in [6.45, 7) is 2.78. The molecule has 112 valence electrons. The lowest BCUT2D eigenvalue weighted by molar-refractivity contribution is -0.0429. The predicted molar refractivity (Wildman–Crippen MR) is 58.6 cm³/mol. The third-order valence-electron chi connectivity index (χ3n) is 1.17. The summed E-state index contributed by atoms with van der Waals surface area (Å²) >= 11 is 0. The molecule has 0 spiro atoms. The first-order chi connectivity index (χ1) is 8.54. The minimum Gasteiger partial charge on any atom is -0.450 e. The van der Waals surface area contributed by atoms with Crippen LogP contribution in [0.3, 0.4) is 0 Å². The number of hydrogen-bond donors (Lipinski definition) is 2. The molecule has 10 nitrogen and oxygen atoms in total. The van der Waals surface area contributed by atoms with Crippen LogP contribution in [0.4, 0.5) is 9.59 Å². The number of rotatable bonds is 7. The van der Waals surface area contributed by atoms with Crippen molar-refractivity contribution in [2.24, 2.45) is 0 Å². The zero-order chi connectivity index (χ0) is 15.1. The molecule has 0 bridgehead atoms. The molecule has 0 aliphatic carbocycles. The average Bonchev–Trinajstić information content (AvgIpc) is 2.12. The van der Waals surface area contributed by atoms with E-state index in [1.807, 2.05) is 0 Å². The van der Waals surface area contributed by atoms with Gasteiger partial charge in [0.25, 0.3) is 0 Å². The molecule has 0 saturated carbocycles. The van der Waals surface area contributed by atoms with Crippen LogP contribution >= 0.6 is 7.82 Å².